The number of nitrogens with zero attached hydrogens (tertiary/aromatic N) is 1. The molecule has 0 unspecified atom stereocenters. The van der Waals surface area contributed by atoms with Crippen molar-refractivity contribution in [1.29, 1.82) is 0 Å². The van der Waals surface area contributed by atoms with Crippen molar-refractivity contribution in [2.45, 2.75) is 31.3 Å². The molecule has 1 aliphatic carbocycles. The van der Waals surface area contributed by atoms with E-state index in [4.69, 9.17) is 11.6 Å². The Bertz CT molecular complexity index is 251. The number of rotatable bonds is 4. The summed E-state index contributed by atoms with van der Waals surface area (Å²) < 4.78 is 0. The molecule has 2 nitrogen and oxygen atoms in total. The zero-order valence-corrected chi connectivity index (χ0v) is 9.00. The van der Waals surface area contributed by atoms with Gasteiger partial charge >= 0.3 is 0 Å². The van der Waals surface area contributed by atoms with Crippen molar-refractivity contribution in [3.8, 4) is 0 Å². The molecule has 0 aromatic carbocycles. The average Bonchev–Trinajstić information content (AvgIpc) is 2.56. The number of halogens is 1. The van der Waals surface area contributed by atoms with Gasteiger partial charge in [-0.1, -0.05) is 0 Å². The van der Waals surface area contributed by atoms with Crippen molar-refractivity contribution in [2.24, 2.45) is 0 Å². The highest BCUT2D eigenvalue weighted by Gasteiger charge is 2.35. The quantitative estimate of drug-likeness (QED) is 0.782. The standard InChI is InChI=1S/C9H13ClN2S/c10-6-9(2-1-3-9)12-5-8-4-11-7-13-8/h4,7,12H,1-3,5-6H2. The van der Waals surface area contributed by atoms with Gasteiger partial charge < -0.3 is 5.32 Å². The molecule has 0 radical (unpaired) electrons. The molecule has 1 aromatic heterocycles. The van der Waals surface area contributed by atoms with Gasteiger partial charge in [-0.3, -0.25) is 4.98 Å². The van der Waals surface area contributed by atoms with E-state index in [1.807, 2.05) is 11.7 Å². The molecule has 0 saturated heterocycles. The topological polar surface area (TPSA) is 24.9 Å². The maximum Gasteiger partial charge on any atom is 0.0794 e. The summed E-state index contributed by atoms with van der Waals surface area (Å²) in [5.41, 5.74) is 2.09. The third-order valence-electron chi connectivity index (χ3n) is 2.69. The first-order chi connectivity index (χ1) is 6.35. The van der Waals surface area contributed by atoms with E-state index in [0.717, 1.165) is 12.4 Å². The molecule has 1 aliphatic rings. The normalized spacial score (nSPS) is 19.8. The molecule has 0 aliphatic heterocycles. The summed E-state index contributed by atoms with van der Waals surface area (Å²) in [6.07, 6.45) is 5.66. The Balaban J connectivity index is 1.84. The predicted octanol–water partition coefficient (Wildman–Crippen LogP) is 2.39. The minimum Gasteiger partial charge on any atom is -0.305 e. The molecule has 4 heteroatoms. The number of nitrogens with one attached hydrogen (secondary N) is 1. The van der Waals surface area contributed by atoms with Gasteiger partial charge in [0.15, 0.2) is 0 Å². The molecule has 1 saturated carbocycles. The van der Waals surface area contributed by atoms with Crippen molar-refractivity contribution in [3.63, 3.8) is 0 Å². The third-order valence-corrected chi connectivity index (χ3v) is 3.98. The van der Waals surface area contributed by atoms with Crippen LogP contribution in [0.5, 0.6) is 0 Å². The molecule has 0 bridgehead atoms. The van der Waals surface area contributed by atoms with Gasteiger partial charge in [0, 0.05) is 29.0 Å². The zero-order chi connectivity index (χ0) is 9.15. The molecule has 0 spiro atoms. The van der Waals surface area contributed by atoms with Gasteiger partial charge in [-0.2, -0.15) is 0 Å². The second-order valence-corrected chi connectivity index (χ2v) is 4.83. The van der Waals surface area contributed by atoms with Crippen molar-refractivity contribution < 1.29 is 0 Å². The van der Waals surface area contributed by atoms with Crippen molar-refractivity contribution >= 4 is 22.9 Å². The van der Waals surface area contributed by atoms with Crippen LogP contribution in [0.3, 0.4) is 0 Å². The summed E-state index contributed by atoms with van der Waals surface area (Å²) in [5.74, 6) is 0.728. The van der Waals surface area contributed by atoms with E-state index < -0.39 is 0 Å². The Labute approximate surface area is 87.3 Å². The number of thiazole rings is 1. The predicted molar refractivity (Wildman–Crippen MR) is 56.3 cm³/mol. The Morgan fingerprint density at radius 1 is 1.62 bits per heavy atom. The maximum atomic E-state index is 5.93. The van der Waals surface area contributed by atoms with Gasteiger partial charge in [0.2, 0.25) is 0 Å². The molecule has 0 amide bonds. The monoisotopic (exact) mass is 216 g/mol. The SMILES string of the molecule is ClCC1(NCc2cncs2)CCC1. The van der Waals surface area contributed by atoms with E-state index in [1.54, 1.807) is 11.3 Å². The summed E-state index contributed by atoms with van der Waals surface area (Å²) in [6, 6.07) is 0. The summed E-state index contributed by atoms with van der Waals surface area (Å²) in [5, 5.41) is 3.52. The van der Waals surface area contributed by atoms with Crippen LogP contribution in [0.25, 0.3) is 0 Å². The highest BCUT2D eigenvalue weighted by molar-refractivity contribution is 7.09. The Kier molecular flexibility index (Phi) is 2.86. The van der Waals surface area contributed by atoms with Crippen LogP contribution in [0.2, 0.25) is 0 Å². The highest BCUT2D eigenvalue weighted by atomic mass is 35.5. The summed E-state index contributed by atoms with van der Waals surface area (Å²) in [6.45, 7) is 0.914. The second-order valence-electron chi connectivity index (χ2n) is 3.59. The van der Waals surface area contributed by atoms with Gasteiger partial charge in [0.25, 0.3) is 0 Å². The second kappa shape index (κ2) is 3.95. The Morgan fingerprint density at radius 3 is 2.92 bits per heavy atom. The van der Waals surface area contributed by atoms with E-state index in [0.29, 0.717) is 0 Å². The van der Waals surface area contributed by atoms with E-state index in [-0.39, 0.29) is 5.54 Å². The minimum absolute atomic E-state index is 0.228. The third kappa shape index (κ3) is 2.03. The first-order valence-electron chi connectivity index (χ1n) is 4.53. The van der Waals surface area contributed by atoms with Crippen LogP contribution in [0.15, 0.2) is 11.7 Å². The van der Waals surface area contributed by atoms with Gasteiger partial charge in [0.05, 0.1) is 5.51 Å². The summed E-state index contributed by atoms with van der Waals surface area (Å²) >= 11 is 7.62. The van der Waals surface area contributed by atoms with Gasteiger partial charge in [0.1, 0.15) is 0 Å². The van der Waals surface area contributed by atoms with E-state index >= 15 is 0 Å². The van der Waals surface area contributed by atoms with E-state index in [9.17, 15) is 0 Å². The molecule has 1 N–H and O–H groups in total. The molecule has 13 heavy (non-hydrogen) atoms. The molecule has 72 valence electrons. The van der Waals surface area contributed by atoms with Gasteiger partial charge in [-0.25, -0.2) is 0 Å². The van der Waals surface area contributed by atoms with Gasteiger partial charge in [-0.05, 0) is 19.3 Å². The lowest BCUT2D eigenvalue weighted by Gasteiger charge is -2.41. The first kappa shape index (κ1) is 9.44. The number of hydrogen-bond donors (Lipinski definition) is 1. The lowest BCUT2D eigenvalue weighted by Crippen LogP contribution is -2.52. The van der Waals surface area contributed by atoms with Crippen LogP contribution in [0, 0.1) is 0 Å². The van der Waals surface area contributed by atoms with Crippen LogP contribution >= 0.6 is 22.9 Å². The van der Waals surface area contributed by atoms with Crippen molar-refractivity contribution in [3.05, 3.63) is 16.6 Å². The van der Waals surface area contributed by atoms with Crippen LogP contribution in [0.1, 0.15) is 24.1 Å². The summed E-state index contributed by atoms with van der Waals surface area (Å²) in [7, 11) is 0. The van der Waals surface area contributed by atoms with Crippen LogP contribution < -0.4 is 5.32 Å². The zero-order valence-electron chi connectivity index (χ0n) is 7.42. The molecular formula is C9H13ClN2S. The van der Waals surface area contributed by atoms with Crippen LogP contribution in [0.4, 0.5) is 0 Å². The Morgan fingerprint density at radius 2 is 2.46 bits per heavy atom. The molecule has 1 heterocycles. The van der Waals surface area contributed by atoms with E-state index in [1.165, 1.54) is 24.1 Å². The fourth-order valence-corrected chi connectivity index (χ4v) is 2.46. The number of aromatic nitrogens is 1. The first-order valence-corrected chi connectivity index (χ1v) is 5.94. The number of hydrogen-bond acceptors (Lipinski definition) is 3. The molecule has 2 rings (SSSR count). The summed E-state index contributed by atoms with van der Waals surface area (Å²) in [4.78, 5) is 5.33. The fraction of sp³-hybridized carbons (Fsp3) is 0.667. The average molecular weight is 217 g/mol. The molecule has 1 fully saturated rings. The smallest absolute Gasteiger partial charge is 0.0794 e. The maximum absolute atomic E-state index is 5.93. The van der Waals surface area contributed by atoms with Crippen LogP contribution in [-0.2, 0) is 6.54 Å². The molecule has 0 atom stereocenters. The lowest BCUT2D eigenvalue weighted by molar-refractivity contribution is 0.211. The lowest BCUT2D eigenvalue weighted by atomic mass is 9.78. The van der Waals surface area contributed by atoms with Crippen LogP contribution in [-0.4, -0.2) is 16.4 Å². The Hall–Kier alpha value is -0.120. The van der Waals surface area contributed by atoms with Gasteiger partial charge in [-0.15, -0.1) is 22.9 Å². The largest absolute Gasteiger partial charge is 0.305 e. The van der Waals surface area contributed by atoms with Crippen molar-refractivity contribution in [1.82, 2.24) is 10.3 Å². The van der Waals surface area contributed by atoms with E-state index in [2.05, 4.69) is 10.3 Å². The number of alkyl halides is 1. The highest BCUT2D eigenvalue weighted by Crippen LogP contribution is 2.33. The fourth-order valence-electron chi connectivity index (χ4n) is 1.57. The molecule has 1 aromatic rings. The molecular weight excluding hydrogens is 204 g/mol. The minimum atomic E-state index is 0.228. The van der Waals surface area contributed by atoms with Crippen molar-refractivity contribution in [2.75, 3.05) is 5.88 Å².